The van der Waals surface area contributed by atoms with Gasteiger partial charge < -0.3 is 14.7 Å². The van der Waals surface area contributed by atoms with Crippen LogP contribution in [0.2, 0.25) is 0 Å². The standard InChI is InChI=1S/C26H29N3O3/c1-26(2,3)17-12-10-16(11-13-17)24-21-22(19-8-4-5-9-20(19)30)27-28-23(21)25(31)29(24)15-18-7-6-14-32-18/h4-5,8-13,18,24,30H,6-7,14-15H2,1-3H3,(H,27,28)/t18-,24+/m0/s1. The molecular formula is C26H29N3O3. The van der Waals surface area contributed by atoms with E-state index in [0.29, 0.717) is 23.5 Å². The molecule has 166 valence electrons. The molecule has 2 atom stereocenters. The third-order valence-electron chi connectivity index (χ3n) is 6.54. The predicted molar refractivity (Wildman–Crippen MR) is 123 cm³/mol. The van der Waals surface area contributed by atoms with Gasteiger partial charge in [-0.1, -0.05) is 57.2 Å². The summed E-state index contributed by atoms with van der Waals surface area (Å²) in [6.45, 7) is 7.85. The minimum atomic E-state index is -0.288. The lowest BCUT2D eigenvalue weighted by atomic mass is 9.85. The third kappa shape index (κ3) is 3.48. The molecule has 1 aromatic heterocycles. The van der Waals surface area contributed by atoms with Gasteiger partial charge in [0.05, 0.1) is 12.1 Å². The van der Waals surface area contributed by atoms with Crippen molar-refractivity contribution in [3.63, 3.8) is 0 Å². The van der Waals surface area contributed by atoms with Crippen molar-refractivity contribution >= 4 is 5.91 Å². The van der Waals surface area contributed by atoms with Crippen molar-refractivity contribution < 1.29 is 14.6 Å². The molecule has 3 heterocycles. The molecule has 0 aliphatic carbocycles. The lowest BCUT2D eigenvalue weighted by Crippen LogP contribution is -2.36. The summed E-state index contributed by atoms with van der Waals surface area (Å²) in [5, 5.41) is 17.9. The largest absolute Gasteiger partial charge is 0.507 e. The zero-order valence-electron chi connectivity index (χ0n) is 18.8. The van der Waals surface area contributed by atoms with Crippen LogP contribution in [0.3, 0.4) is 0 Å². The fraction of sp³-hybridized carbons (Fsp3) is 0.385. The number of fused-ring (bicyclic) bond motifs is 1. The Morgan fingerprint density at radius 1 is 1.16 bits per heavy atom. The van der Waals surface area contributed by atoms with Crippen molar-refractivity contribution in [2.24, 2.45) is 0 Å². The minimum absolute atomic E-state index is 0.0424. The monoisotopic (exact) mass is 431 g/mol. The van der Waals surface area contributed by atoms with Gasteiger partial charge in [-0.15, -0.1) is 0 Å². The summed E-state index contributed by atoms with van der Waals surface area (Å²) in [6, 6.07) is 15.3. The average molecular weight is 432 g/mol. The van der Waals surface area contributed by atoms with Gasteiger partial charge in [0, 0.05) is 24.3 Å². The first-order valence-electron chi connectivity index (χ1n) is 11.2. The first kappa shape index (κ1) is 20.8. The van der Waals surface area contributed by atoms with Crippen molar-refractivity contribution in [2.75, 3.05) is 13.2 Å². The molecule has 1 fully saturated rings. The molecule has 1 saturated heterocycles. The molecule has 32 heavy (non-hydrogen) atoms. The number of phenolic OH excluding ortho intramolecular Hbond substituents is 1. The Morgan fingerprint density at radius 3 is 2.56 bits per heavy atom. The van der Waals surface area contributed by atoms with E-state index in [4.69, 9.17) is 4.74 Å². The van der Waals surface area contributed by atoms with Crippen molar-refractivity contribution in [1.82, 2.24) is 15.1 Å². The molecule has 2 aliphatic heterocycles. The second-order valence-corrected chi connectivity index (χ2v) is 9.75. The number of aromatic hydroxyl groups is 1. The molecule has 6 nitrogen and oxygen atoms in total. The van der Waals surface area contributed by atoms with Gasteiger partial charge in [0.1, 0.15) is 17.1 Å². The second-order valence-electron chi connectivity index (χ2n) is 9.75. The zero-order chi connectivity index (χ0) is 22.5. The number of nitrogens with zero attached hydrogens (tertiary/aromatic N) is 2. The van der Waals surface area contributed by atoms with E-state index >= 15 is 0 Å². The van der Waals surface area contributed by atoms with E-state index in [1.807, 2.05) is 17.0 Å². The number of carbonyl (C=O) groups excluding carboxylic acids is 1. The number of aromatic nitrogens is 2. The topological polar surface area (TPSA) is 78.5 Å². The number of H-pyrrole nitrogens is 1. The average Bonchev–Trinajstić information content (AvgIpc) is 3.48. The van der Waals surface area contributed by atoms with Crippen molar-refractivity contribution in [3.8, 4) is 17.0 Å². The number of carbonyl (C=O) groups is 1. The number of hydrogen-bond donors (Lipinski definition) is 2. The molecule has 0 unspecified atom stereocenters. The molecule has 2 aromatic carbocycles. The summed E-state index contributed by atoms with van der Waals surface area (Å²) in [6.07, 6.45) is 2.02. The quantitative estimate of drug-likeness (QED) is 0.622. The summed E-state index contributed by atoms with van der Waals surface area (Å²) in [4.78, 5) is 15.4. The van der Waals surface area contributed by atoms with Gasteiger partial charge in [0.15, 0.2) is 0 Å². The molecule has 2 N–H and O–H groups in total. The Labute approximate surface area is 188 Å². The summed E-state index contributed by atoms with van der Waals surface area (Å²) >= 11 is 0. The normalized spacial score (nSPS) is 20.7. The van der Waals surface area contributed by atoms with E-state index in [0.717, 1.165) is 30.6 Å². The van der Waals surface area contributed by atoms with E-state index in [9.17, 15) is 9.90 Å². The van der Waals surface area contributed by atoms with E-state index in [2.05, 4.69) is 55.2 Å². The SMILES string of the molecule is CC(C)(C)c1ccc([C@@H]2c3c(-c4ccccc4O)n[nH]c3C(=O)N2C[C@@H]2CCCO2)cc1. The fourth-order valence-corrected chi connectivity index (χ4v) is 4.78. The van der Waals surface area contributed by atoms with E-state index in [1.165, 1.54) is 5.56 Å². The maximum absolute atomic E-state index is 13.5. The summed E-state index contributed by atoms with van der Waals surface area (Å²) < 4.78 is 5.86. The molecule has 3 aromatic rings. The first-order valence-corrected chi connectivity index (χ1v) is 11.2. The number of hydrogen-bond acceptors (Lipinski definition) is 4. The summed E-state index contributed by atoms with van der Waals surface area (Å²) in [5.74, 6) is 0.0724. The van der Waals surface area contributed by atoms with Crippen LogP contribution in [0.4, 0.5) is 0 Å². The Hall–Kier alpha value is -3.12. The summed E-state index contributed by atoms with van der Waals surface area (Å²) in [5.41, 5.74) is 4.86. The van der Waals surface area contributed by atoms with Gasteiger partial charge in [-0.25, -0.2) is 0 Å². The second kappa shape index (κ2) is 7.78. The third-order valence-corrected chi connectivity index (χ3v) is 6.54. The molecule has 0 bridgehead atoms. The lowest BCUT2D eigenvalue weighted by molar-refractivity contribution is 0.0495. The zero-order valence-corrected chi connectivity index (χ0v) is 18.8. The molecular weight excluding hydrogens is 402 g/mol. The number of benzene rings is 2. The van der Waals surface area contributed by atoms with Crippen LogP contribution in [-0.4, -0.2) is 45.4 Å². The number of nitrogens with one attached hydrogen (secondary N) is 1. The molecule has 0 spiro atoms. The number of phenols is 1. The van der Waals surface area contributed by atoms with Crippen LogP contribution in [0.25, 0.3) is 11.3 Å². The highest BCUT2D eigenvalue weighted by Gasteiger charge is 2.43. The number of amides is 1. The van der Waals surface area contributed by atoms with Crippen LogP contribution in [0.15, 0.2) is 48.5 Å². The molecule has 5 rings (SSSR count). The van der Waals surface area contributed by atoms with Crippen molar-refractivity contribution in [3.05, 3.63) is 70.9 Å². The summed E-state index contributed by atoms with van der Waals surface area (Å²) in [7, 11) is 0. The maximum Gasteiger partial charge on any atom is 0.273 e. The van der Waals surface area contributed by atoms with Gasteiger partial charge in [-0.3, -0.25) is 9.89 Å². The minimum Gasteiger partial charge on any atom is -0.507 e. The van der Waals surface area contributed by atoms with Crippen molar-refractivity contribution in [2.45, 2.75) is 51.2 Å². The molecule has 6 heteroatoms. The van der Waals surface area contributed by atoms with E-state index in [1.54, 1.807) is 12.1 Å². The number of aromatic amines is 1. The predicted octanol–water partition coefficient (Wildman–Crippen LogP) is 4.80. The highest BCUT2D eigenvalue weighted by atomic mass is 16.5. The van der Waals surface area contributed by atoms with Gasteiger partial charge in [0.2, 0.25) is 0 Å². The van der Waals surface area contributed by atoms with Gasteiger partial charge in [-0.2, -0.15) is 5.10 Å². The van der Waals surface area contributed by atoms with Crippen LogP contribution in [0.1, 0.15) is 66.8 Å². The van der Waals surface area contributed by atoms with Crippen molar-refractivity contribution in [1.29, 1.82) is 0 Å². The first-order chi connectivity index (χ1) is 15.3. The lowest BCUT2D eigenvalue weighted by Gasteiger charge is -2.29. The van der Waals surface area contributed by atoms with Crippen LogP contribution in [-0.2, 0) is 10.2 Å². The van der Waals surface area contributed by atoms with Gasteiger partial charge >= 0.3 is 0 Å². The highest BCUT2D eigenvalue weighted by Crippen LogP contribution is 2.45. The number of rotatable bonds is 4. The Balaban J connectivity index is 1.62. The molecule has 0 saturated carbocycles. The van der Waals surface area contributed by atoms with E-state index in [-0.39, 0.29) is 29.2 Å². The van der Waals surface area contributed by atoms with Crippen LogP contribution in [0.5, 0.6) is 5.75 Å². The van der Waals surface area contributed by atoms with Crippen LogP contribution in [0, 0.1) is 0 Å². The number of para-hydroxylation sites is 1. The maximum atomic E-state index is 13.5. The molecule has 2 aliphatic rings. The van der Waals surface area contributed by atoms with Gasteiger partial charge in [-0.05, 0) is 41.5 Å². The van der Waals surface area contributed by atoms with Crippen LogP contribution < -0.4 is 0 Å². The smallest absolute Gasteiger partial charge is 0.273 e. The molecule has 0 radical (unpaired) electrons. The van der Waals surface area contributed by atoms with Crippen LogP contribution >= 0.6 is 0 Å². The highest BCUT2D eigenvalue weighted by molar-refractivity contribution is 6.00. The fourth-order valence-electron chi connectivity index (χ4n) is 4.78. The Morgan fingerprint density at radius 2 is 1.91 bits per heavy atom. The Kier molecular flexibility index (Phi) is 5.05. The van der Waals surface area contributed by atoms with Gasteiger partial charge in [0.25, 0.3) is 5.91 Å². The Bertz CT molecular complexity index is 1140. The number of ether oxygens (including phenoxy) is 1. The molecule has 1 amide bonds. The van der Waals surface area contributed by atoms with E-state index < -0.39 is 0 Å².